The van der Waals surface area contributed by atoms with Crippen molar-refractivity contribution in [3.63, 3.8) is 0 Å². The Balaban J connectivity index is 1.54. The molecule has 24 heavy (non-hydrogen) atoms. The number of aromatic nitrogens is 1. The van der Waals surface area contributed by atoms with Crippen molar-refractivity contribution in [1.82, 2.24) is 9.88 Å². The lowest BCUT2D eigenvalue weighted by molar-refractivity contribution is -0.122. The molecule has 1 amide bonds. The zero-order chi connectivity index (χ0) is 17.0. The summed E-state index contributed by atoms with van der Waals surface area (Å²) < 4.78 is 2.07. The minimum absolute atomic E-state index is 0.0658. The van der Waals surface area contributed by atoms with Gasteiger partial charge in [-0.1, -0.05) is 48.5 Å². The molecule has 0 saturated heterocycles. The summed E-state index contributed by atoms with van der Waals surface area (Å²) in [5, 5.41) is 14.5. The highest BCUT2D eigenvalue weighted by Crippen LogP contribution is 2.19. The number of nitrogens with zero attached hydrogens (tertiary/aromatic N) is 1. The van der Waals surface area contributed by atoms with Crippen molar-refractivity contribution in [3.05, 3.63) is 72.4 Å². The molecule has 0 saturated carbocycles. The van der Waals surface area contributed by atoms with Gasteiger partial charge in [0.1, 0.15) is 5.60 Å². The number of carbonyl (C=O) groups is 1. The lowest BCUT2D eigenvalue weighted by atomic mass is 9.96. The fourth-order valence-electron chi connectivity index (χ4n) is 2.82. The van der Waals surface area contributed by atoms with Crippen LogP contribution in [0, 0.1) is 0 Å². The Hall–Kier alpha value is -2.59. The first kappa shape index (κ1) is 16.3. The number of nitrogens with one attached hydrogen (secondary N) is 1. The lowest BCUT2D eigenvalue weighted by Crippen LogP contribution is -2.38. The third kappa shape index (κ3) is 3.66. The minimum Gasteiger partial charge on any atom is -0.384 e. The van der Waals surface area contributed by atoms with Crippen molar-refractivity contribution in [2.24, 2.45) is 0 Å². The Labute approximate surface area is 141 Å². The second-order valence-electron chi connectivity index (χ2n) is 6.23. The van der Waals surface area contributed by atoms with Crippen LogP contribution < -0.4 is 5.32 Å². The Morgan fingerprint density at radius 3 is 2.58 bits per heavy atom. The third-order valence-electron chi connectivity index (χ3n) is 4.29. The van der Waals surface area contributed by atoms with E-state index in [1.54, 1.807) is 6.92 Å². The average molecular weight is 322 g/mol. The molecule has 0 aliphatic carbocycles. The third-order valence-corrected chi connectivity index (χ3v) is 4.29. The van der Waals surface area contributed by atoms with Gasteiger partial charge in [0.25, 0.3) is 0 Å². The Kier molecular flexibility index (Phi) is 4.67. The molecule has 3 aromatic rings. The number of amides is 1. The Bertz CT molecular complexity index is 822. The summed E-state index contributed by atoms with van der Waals surface area (Å²) in [4.78, 5) is 12.1. The number of rotatable bonds is 6. The monoisotopic (exact) mass is 322 g/mol. The number of aliphatic hydroxyl groups is 1. The summed E-state index contributed by atoms with van der Waals surface area (Å²) >= 11 is 0. The highest BCUT2D eigenvalue weighted by atomic mass is 16.3. The standard InChI is InChI=1S/C20H22N2O2/c1-20(24,17-8-3-2-4-9-17)15-21-19(23)12-14-22-13-11-16-7-5-6-10-18(16)22/h2-11,13,24H,12,14-15H2,1H3,(H,21,23). The Morgan fingerprint density at radius 1 is 1.08 bits per heavy atom. The van der Waals surface area contributed by atoms with Crippen LogP contribution in [0.15, 0.2) is 66.9 Å². The van der Waals surface area contributed by atoms with Gasteiger partial charge in [-0.15, -0.1) is 0 Å². The topological polar surface area (TPSA) is 54.3 Å². The van der Waals surface area contributed by atoms with Gasteiger partial charge in [-0.3, -0.25) is 4.79 Å². The van der Waals surface area contributed by atoms with Crippen LogP contribution in [0.5, 0.6) is 0 Å². The zero-order valence-electron chi connectivity index (χ0n) is 13.8. The highest BCUT2D eigenvalue weighted by Gasteiger charge is 2.23. The molecule has 0 radical (unpaired) electrons. The summed E-state index contributed by atoms with van der Waals surface area (Å²) in [5.74, 6) is -0.0658. The average Bonchev–Trinajstić information content (AvgIpc) is 3.02. The molecule has 4 nitrogen and oxygen atoms in total. The molecule has 4 heteroatoms. The van der Waals surface area contributed by atoms with Crippen LogP contribution in [0.4, 0.5) is 0 Å². The van der Waals surface area contributed by atoms with Gasteiger partial charge in [-0.25, -0.2) is 0 Å². The van der Waals surface area contributed by atoms with Crippen LogP contribution in [0.2, 0.25) is 0 Å². The van der Waals surface area contributed by atoms with Crippen LogP contribution in [0.3, 0.4) is 0 Å². The summed E-state index contributed by atoms with van der Waals surface area (Å²) in [5.41, 5.74) is 0.847. The predicted octanol–water partition coefficient (Wildman–Crippen LogP) is 3.06. The minimum atomic E-state index is -1.07. The van der Waals surface area contributed by atoms with E-state index in [4.69, 9.17) is 0 Å². The molecule has 0 fully saturated rings. The van der Waals surface area contributed by atoms with E-state index >= 15 is 0 Å². The number of carbonyl (C=O) groups excluding carboxylic acids is 1. The number of para-hydroxylation sites is 1. The molecule has 0 aliphatic heterocycles. The van der Waals surface area contributed by atoms with Crippen LogP contribution in [0.25, 0.3) is 10.9 Å². The summed E-state index contributed by atoms with van der Waals surface area (Å²) in [6.07, 6.45) is 2.38. The first-order chi connectivity index (χ1) is 11.6. The van der Waals surface area contributed by atoms with Gasteiger partial charge >= 0.3 is 0 Å². The van der Waals surface area contributed by atoms with Crippen molar-refractivity contribution in [2.45, 2.75) is 25.5 Å². The summed E-state index contributed by atoms with van der Waals surface area (Å²) in [6, 6.07) is 19.5. The van der Waals surface area contributed by atoms with E-state index in [-0.39, 0.29) is 12.5 Å². The van der Waals surface area contributed by atoms with Crippen LogP contribution >= 0.6 is 0 Å². The fourth-order valence-corrected chi connectivity index (χ4v) is 2.82. The molecule has 2 aromatic carbocycles. The summed E-state index contributed by atoms with van der Waals surface area (Å²) in [7, 11) is 0. The number of aryl methyl sites for hydroxylation is 1. The molecule has 0 bridgehead atoms. The van der Waals surface area contributed by atoms with Gasteiger partial charge < -0.3 is 15.0 Å². The van der Waals surface area contributed by atoms with Crippen molar-refractivity contribution in [2.75, 3.05) is 6.54 Å². The van der Waals surface area contributed by atoms with E-state index in [9.17, 15) is 9.90 Å². The molecule has 2 N–H and O–H groups in total. The predicted molar refractivity (Wildman–Crippen MR) is 95.6 cm³/mol. The van der Waals surface area contributed by atoms with E-state index in [1.165, 1.54) is 5.39 Å². The molecule has 124 valence electrons. The maximum atomic E-state index is 12.1. The van der Waals surface area contributed by atoms with Gasteiger partial charge in [0.05, 0.1) is 6.54 Å². The van der Waals surface area contributed by atoms with E-state index in [0.29, 0.717) is 13.0 Å². The molecule has 0 spiro atoms. The molecule has 1 unspecified atom stereocenters. The smallest absolute Gasteiger partial charge is 0.221 e. The molecule has 1 heterocycles. The molecular formula is C20H22N2O2. The fraction of sp³-hybridized carbons (Fsp3) is 0.250. The SMILES string of the molecule is CC(O)(CNC(=O)CCn1ccc2ccccc21)c1ccccc1. The van der Waals surface area contributed by atoms with Gasteiger partial charge in [0.15, 0.2) is 0 Å². The highest BCUT2D eigenvalue weighted by molar-refractivity contribution is 5.80. The number of hydrogen-bond donors (Lipinski definition) is 2. The quantitative estimate of drug-likeness (QED) is 0.733. The van der Waals surface area contributed by atoms with Gasteiger partial charge in [-0.05, 0) is 30.0 Å². The van der Waals surface area contributed by atoms with E-state index < -0.39 is 5.60 Å². The second kappa shape index (κ2) is 6.89. The lowest BCUT2D eigenvalue weighted by Gasteiger charge is -2.24. The van der Waals surface area contributed by atoms with Crippen molar-refractivity contribution >= 4 is 16.8 Å². The zero-order valence-corrected chi connectivity index (χ0v) is 13.8. The van der Waals surface area contributed by atoms with Crippen LogP contribution in [0.1, 0.15) is 18.9 Å². The van der Waals surface area contributed by atoms with E-state index in [2.05, 4.69) is 16.0 Å². The first-order valence-electron chi connectivity index (χ1n) is 8.15. The molecule has 1 atom stereocenters. The molecule has 1 aromatic heterocycles. The van der Waals surface area contributed by atoms with Gasteiger partial charge in [-0.2, -0.15) is 0 Å². The van der Waals surface area contributed by atoms with Crippen LogP contribution in [-0.4, -0.2) is 22.1 Å². The van der Waals surface area contributed by atoms with Crippen molar-refractivity contribution in [3.8, 4) is 0 Å². The number of fused-ring (bicyclic) bond motifs is 1. The van der Waals surface area contributed by atoms with Crippen LogP contribution in [-0.2, 0) is 16.9 Å². The molecular weight excluding hydrogens is 300 g/mol. The maximum Gasteiger partial charge on any atom is 0.221 e. The maximum absolute atomic E-state index is 12.1. The van der Waals surface area contributed by atoms with E-state index in [1.807, 2.05) is 60.8 Å². The summed E-state index contributed by atoms with van der Waals surface area (Å²) in [6.45, 7) is 2.52. The normalized spacial score (nSPS) is 13.6. The van der Waals surface area contributed by atoms with E-state index in [0.717, 1.165) is 11.1 Å². The van der Waals surface area contributed by atoms with Crippen molar-refractivity contribution < 1.29 is 9.90 Å². The molecule has 3 rings (SSSR count). The number of hydrogen-bond acceptors (Lipinski definition) is 2. The van der Waals surface area contributed by atoms with Gasteiger partial charge in [0.2, 0.25) is 5.91 Å². The molecule has 0 aliphatic rings. The largest absolute Gasteiger partial charge is 0.384 e. The first-order valence-corrected chi connectivity index (χ1v) is 8.15. The Morgan fingerprint density at radius 2 is 1.79 bits per heavy atom. The second-order valence-corrected chi connectivity index (χ2v) is 6.23. The number of benzene rings is 2. The van der Waals surface area contributed by atoms with Gasteiger partial charge in [0, 0.05) is 24.7 Å². The van der Waals surface area contributed by atoms with Crippen molar-refractivity contribution in [1.29, 1.82) is 0 Å².